The molecule has 0 saturated heterocycles. The van der Waals surface area contributed by atoms with E-state index in [0.29, 0.717) is 0 Å². The molecule has 0 N–H and O–H groups in total. The van der Waals surface area contributed by atoms with Crippen molar-refractivity contribution in [2.75, 3.05) is 0 Å². The molecular weight excluding hydrogens is 430 g/mol. The molecule has 0 spiro atoms. The summed E-state index contributed by atoms with van der Waals surface area (Å²) in [6, 6.07) is 14.2. The van der Waals surface area contributed by atoms with Crippen LogP contribution < -0.4 is 7.16 Å². The maximum absolute atomic E-state index is 2.51. The van der Waals surface area contributed by atoms with Crippen LogP contribution >= 0.6 is 0 Å². The molecule has 0 fully saturated rings. The quantitative estimate of drug-likeness (QED) is 0.606. The maximum atomic E-state index is 2.51. The van der Waals surface area contributed by atoms with Crippen LogP contribution in [0.3, 0.4) is 0 Å². The molecule has 0 unspecified atom stereocenters. The second kappa shape index (κ2) is 5.01. The zero-order valence-electron chi connectivity index (χ0n) is 12.5. The molecule has 2 rings (SSSR count). The molecule has 0 aliphatic heterocycles. The fourth-order valence-electron chi connectivity index (χ4n) is 2.40. The Kier molecular flexibility index (Phi) is 4.09. The van der Waals surface area contributed by atoms with Gasteiger partial charge in [-0.15, -0.1) is 0 Å². The van der Waals surface area contributed by atoms with Crippen molar-refractivity contribution in [1.82, 2.24) is 0 Å². The summed E-state index contributed by atoms with van der Waals surface area (Å²) < 4.78 is 3.31. The Hall–Kier alpha value is 0.297. The normalized spacial score (nSPS) is 13.0. The summed E-state index contributed by atoms with van der Waals surface area (Å²) in [4.78, 5) is 15.0. The van der Waals surface area contributed by atoms with E-state index in [1.165, 1.54) is 11.1 Å². The number of hydrogen-bond donors (Lipinski definition) is 0. The van der Waals surface area contributed by atoms with Gasteiger partial charge in [-0.1, -0.05) is 0 Å². The summed E-state index contributed by atoms with van der Waals surface area (Å²) in [5, 5.41) is 0. The molecule has 0 nitrogen and oxygen atoms in total. The molecule has 0 radical (unpaired) electrons. The minimum absolute atomic E-state index is 1.46. The molecule has 2 aliphatic rings. The average Bonchev–Trinajstić information content (AvgIpc) is 2.53. The van der Waals surface area contributed by atoms with Crippen molar-refractivity contribution in [3.05, 3.63) is 36.4 Å². The fraction of sp³-hybridized carbons (Fsp3) is 0.375. The predicted octanol–water partition coefficient (Wildman–Crippen LogP) is 3.88. The van der Waals surface area contributed by atoms with E-state index < -0.39 is 36.8 Å². The van der Waals surface area contributed by atoms with Crippen LogP contribution in [0.25, 0.3) is 11.1 Å². The molecule has 0 aromatic heterocycles. The first-order chi connectivity index (χ1) is 8.19. The van der Waals surface area contributed by atoms with Crippen molar-refractivity contribution in [2.24, 2.45) is 0 Å². The van der Waals surface area contributed by atoms with Crippen LogP contribution in [0.15, 0.2) is 36.4 Å². The molecule has 0 heterocycles. The van der Waals surface area contributed by atoms with Gasteiger partial charge in [-0.3, -0.25) is 0 Å². The van der Waals surface area contributed by atoms with Gasteiger partial charge in [-0.2, -0.15) is 0 Å². The third kappa shape index (κ3) is 3.06. The van der Waals surface area contributed by atoms with Gasteiger partial charge in [-0.05, 0) is 0 Å². The Morgan fingerprint density at radius 1 is 0.722 bits per heavy atom. The summed E-state index contributed by atoms with van der Waals surface area (Å²) in [5.74, 6) is 0. The topological polar surface area (TPSA) is 0 Å². The molecule has 18 heavy (non-hydrogen) atoms. The summed E-state index contributed by atoms with van der Waals surface area (Å²) in [6.45, 7) is 0. The van der Waals surface area contributed by atoms with Crippen molar-refractivity contribution in [3.8, 4) is 11.1 Å². The SMILES string of the molecule is [CH3][Sn]([CH3])([CH3])[c]1cc[c]([Sn]([CH3])([CH3])[CH3])c2cccc-2c1. The van der Waals surface area contributed by atoms with Crippen molar-refractivity contribution in [1.29, 1.82) is 0 Å². The van der Waals surface area contributed by atoms with E-state index in [1.54, 1.807) is 7.16 Å². The van der Waals surface area contributed by atoms with Gasteiger partial charge in [0.25, 0.3) is 0 Å². The first-order valence-electron chi connectivity index (χ1n) is 6.73. The van der Waals surface area contributed by atoms with Gasteiger partial charge < -0.3 is 0 Å². The molecule has 96 valence electrons. The van der Waals surface area contributed by atoms with Gasteiger partial charge in [0.2, 0.25) is 0 Å². The van der Waals surface area contributed by atoms with Gasteiger partial charge in [0.05, 0.1) is 0 Å². The summed E-state index contributed by atoms with van der Waals surface area (Å²) >= 11 is -4.01. The third-order valence-corrected chi connectivity index (χ3v) is 15.2. The van der Waals surface area contributed by atoms with E-state index in [2.05, 4.69) is 66.0 Å². The van der Waals surface area contributed by atoms with Gasteiger partial charge in [0, 0.05) is 0 Å². The molecule has 0 atom stereocenters. The van der Waals surface area contributed by atoms with Gasteiger partial charge in [-0.25, -0.2) is 0 Å². The molecule has 2 aliphatic carbocycles. The van der Waals surface area contributed by atoms with Crippen molar-refractivity contribution in [2.45, 2.75) is 29.6 Å². The Morgan fingerprint density at radius 3 is 1.94 bits per heavy atom. The summed E-state index contributed by atoms with van der Waals surface area (Å²) in [6.07, 6.45) is 0. The van der Waals surface area contributed by atoms with Crippen molar-refractivity contribution in [3.63, 3.8) is 0 Å². The van der Waals surface area contributed by atoms with Crippen molar-refractivity contribution < 1.29 is 0 Å². The first kappa shape index (κ1) is 14.7. The van der Waals surface area contributed by atoms with E-state index in [0.717, 1.165) is 0 Å². The summed E-state index contributed by atoms with van der Waals surface area (Å²) in [5.41, 5.74) is 2.98. The molecule has 0 aromatic rings. The standard InChI is InChI=1S/C10H6.6CH3.2Sn/c1-2-5-9-7-4-8-10(9)6-3-1;;;;;;;;/h1-2,4,6-8H;6*1H3;;. The zero-order valence-corrected chi connectivity index (χ0v) is 18.2. The van der Waals surface area contributed by atoms with Crippen LogP contribution in [0.5, 0.6) is 0 Å². The van der Waals surface area contributed by atoms with Gasteiger partial charge in [0.15, 0.2) is 0 Å². The Morgan fingerprint density at radius 2 is 1.39 bits per heavy atom. The molecule has 0 saturated carbocycles. The second-order valence-corrected chi connectivity index (χ2v) is 36.1. The van der Waals surface area contributed by atoms with Crippen LogP contribution in [0.1, 0.15) is 0 Å². The zero-order chi connectivity index (χ0) is 13.6. The van der Waals surface area contributed by atoms with E-state index in [9.17, 15) is 0 Å². The Bertz CT molecular complexity index is 530. The van der Waals surface area contributed by atoms with E-state index in [4.69, 9.17) is 0 Å². The fourth-order valence-corrected chi connectivity index (χ4v) is 10.4. The van der Waals surface area contributed by atoms with Crippen LogP contribution in [-0.2, 0) is 0 Å². The van der Waals surface area contributed by atoms with E-state index in [1.807, 2.05) is 0 Å². The number of fused-ring (bicyclic) bond motifs is 1. The summed E-state index contributed by atoms with van der Waals surface area (Å²) in [7, 11) is 0. The molecular formula is C16H24Sn2. The number of hydrogen-bond acceptors (Lipinski definition) is 0. The minimum atomic E-state index is -2.03. The van der Waals surface area contributed by atoms with Gasteiger partial charge in [0.1, 0.15) is 0 Å². The Labute approximate surface area is 120 Å². The second-order valence-electron chi connectivity index (χ2n) is 7.24. The Balaban J connectivity index is 2.71. The monoisotopic (exact) mass is 456 g/mol. The number of rotatable bonds is 2. The average molecular weight is 454 g/mol. The van der Waals surface area contributed by atoms with Crippen molar-refractivity contribution >= 4 is 43.9 Å². The predicted molar refractivity (Wildman–Crippen MR) is 89.0 cm³/mol. The molecule has 2 heteroatoms. The first-order valence-corrected chi connectivity index (χ1v) is 26.7. The van der Waals surface area contributed by atoms with Crippen LogP contribution in [-0.4, -0.2) is 36.8 Å². The van der Waals surface area contributed by atoms with Crippen LogP contribution in [0.2, 0.25) is 29.6 Å². The third-order valence-electron chi connectivity index (χ3n) is 3.55. The van der Waals surface area contributed by atoms with E-state index >= 15 is 0 Å². The van der Waals surface area contributed by atoms with E-state index in [-0.39, 0.29) is 0 Å². The molecule has 0 bridgehead atoms. The molecule has 0 amide bonds. The van der Waals surface area contributed by atoms with Crippen LogP contribution in [0, 0.1) is 0 Å². The van der Waals surface area contributed by atoms with Crippen LogP contribution in [0.4, 0.5) is 0 Å². The van der Waals surface area contributed by atoms with Gasteiger partial charge >= 0.3 is 121 Å². The molecule has 0 aromatic carbocycles.